The Hall–Kier alpha value is -2.84. The number of thioether (sulfide) groups is 1. The summed E-state index contributed by atoms with van der Waals surface area (Å²) in [6.45, 7) is 12.2. The van der Waals surface area contributed by atoms with Gasteiger partial charge in [0.1, 0.15) is 5.82 Å². The molecule has 0 aliphatic carbocycles. The zero-order valence-electron chi connectivity index (χ0n) is 19.6. The van der Waals surface area contributed by atoms with Crippen molar-refractivity contribution in [3.63, 3.8) is 0 Å². The number of likely N-dealkylation sites (N-methyl/N-ethyl adjacent to an activating group) is 1. The van der Waals surface area contributed by atoms with Gasteiger partial charge in [-0.05, 0) is 49.2 Å². The number of carbonyl (C=O) groups is 1. The summed E-state index contributed by atoms with van der Waals surface area (Å²) < 4.78 is 2.04. The molecular formula is C25H32N6OS. The van der Waals surface area contributed by atoms with Crippen LogP contribution >= 0.6 is 11.8 Å². The molecule has 3 aromatic rings. The Morgan fingerprint density at radius 2 is 1.91 bits per heavy atom. The van der Waals surface area contributed by atoms with E-state index in [0.717, 1.165) is 54.9 Å². The van der Waals surface area contributed by atoms with Gasteiger partial charge in [0.15, 0.2) is 5.16 Å². The molecule has 3 heterocycles. The first-order chi connectivity index (χ1) is 16.0. The van der Waals surface area contributed by atoms with Crippen molar-refractivity contribution in [2.75, 3.05) is 43.4 Å². The van der Waals surface area contributed by atoms with E-state index in [9.17, 15) is 4.79 Å². The number of hydrogen-bond donors (Lipinski definition) is 1. The predicted octanol–water partition coefficient (Wildman–Crippen LogP) is 3.43. The van der Waals surface area contributed by atoms with Gasteiger partial charge in [-0.2, -0.15) is 0 Å². The third-order valence-corrected chi connectivity index (χ3v) is 7.18. The first-order valence-corrected chi connectivity index (χ1v) is 12.5. The van der Waals surface area contributed by atoms with Crippen LogP contribution in [0, 0.1) is 13.8 Å². The van der Waals surface area contributed by atoms with Gasteiger partial charge in [0.25, 0.3) is 0 Å². The highest BCUT2D eigenvalue weighted by Gasteiger charge is 2.16. The number of amides is 1. The number of rotatable bonds is 8. The Balaban J connectivity index is 1.27. The molecule has 174 valence electrons. The van der Waals surface area contributed by atoms with E-state index in [4.69, 9.17) is 0 Å². The molecule has 1 saturated heterocycles. The largest absolute Gasteiger partial charge is 0.354 e. The molecule has 1 N–H and O–H groups in total. The number of benzene rings is 1. The smallest absolute Gasteiger partial charge is 0.230 e. The summed E-state index contributed by atoms with van der Waals surface area (Å²) in [4.78, 5) is 26.3. The SMILES string of the molecule is CCN1CCN(c2ccc(CNC(=O)CSc3nccn3-c3cccc(C)c3C)cn2)CC1. The number of anilines is 1. The summed E-state index contributed by atoms with van der Waals surface area (Å²) in [5.41, 5.74) is 4.54. The van der Waals surface area contributed by atoms with Crippen LogP contribution in [0.4, 0.5) is 5.82 Å². The second-order valence-corrected chi connectivity index (χ2v) is 9.25. The zero-order chi connectivity index (χ0) is 23.2. The molecule has 0 bridgehead atoms. The number of pyridine rings is 1. The average molecular weight is 465 g/mol. The van der Waals surface area contributed by atoms with Crippen LogP contribution in [0.15, 0.2) is 54.1 Å². The highest BCUT2D eigenvalue weighted by Crippen LogP contribution is 2.24. The standard InChI is InChI=1S/C25H32N6OS/c1-4-29-12-14-30(15-13-29)23-9-8-21(16-27-23)17-28-24(32)18-33-25-26-10-11-31(25)22-7-5-6-19(2)20(22)3/h5-11,16H,4,12-15,17-18H2,1-3H3,(H,28,32). The molecule has 33 heavy (non-hydrogen) atoms. The van der Waals surface area contributed by atoms with Crippen LogP contribution in [0.25, 0.3) is 5.69 Å². The lowest BCUT2D eigenvalue weighted by Crippen LogP contribution is -2.46. The van der Waals surface area contributed by atoms with E-state index in [1.165, 1.54) is 22.9 Å². The monoisotopic (exact) mass is 464 g/mol. The van der Waals surface area contributed by atoms with E-state index in [1.807, 2.05) is 23.0 Å². The molecule has 0 unspecified atom stereocenters. The van der Waals surface area contributed by atoms with Gasteiger partial charge in [0, 0.05) is 51.3 Å². The van der Waals surface area contributed by atoms with Gasteiger partial charge in [0.05, 0.1) is 11.4 Å². The van der Waals surface area contributed by atoms with Gasteiger partial charge in [-0.3, -0.25) is 9.36 Å². The van der Waals surface area contributed by atoms with Crippen LogP contribution < -0.4 is 10.2 Å². The zero-order valence-corrected chi connectivity index (χ0v) is 20.4. The minimum atomic E-state index is -0.0183. The molecule has 8 heteroatoms. The van der Waals surface area contributed by atoms with E-state index in [2.05, 4.69) is 70.1 Å². The van der Waals surface area contributed by atoms with Gasteiger partial charge < -0.3 is 15.1 Å². The second kappa shape index (κ2) is 10.9. The van der Waals surface area contributed by atoms with Crippen LogP contribution in [-0.4, -0.2) is 63.8 Å². The molecule has 2 aromatic heterocycles. The summed E-state index contributed by atoms with van der Waals surface area (Å²) in [6.07, 6.45) is 5.58. The van der Waals surface area contributed by atoms with Crippen molar-refractivity contribution in [2.45, 2.75) is 32.5 Å². The first-order valence-electron chi connectivity index (χ1n) is 11.5. The van der Waals surface area contributed by atoms with Crippen molar-refractivity contribution in [1.29, 1.82) is 0 Å². The molecule has 0 saturated carbocycles. The van der Waals surface area contributed by atoms with Crippen LogP contribution in [0.5, 0.6) is 0 Å². The Labute approximate surface area is 200 Å². The number of piperazine rings is 1. The lowest BCUT2D eigenvalue weighted by molar-refractivity contribution is -0.118. The maximum atomic E-state index is 12.5. The minimum absolute atomic E-state index is 0.0183. The van der Waals surface area contributed by atoms with Gasteiger partial charge >= 0.3 is 0 Å². The number of imidazole rings is 1. The summed E-state index contributed by atoms with van der Waals surface area (Å²) in [7, 11) is 0. The molecule has 4 rings (SSSR count). The topological polar surface area (TPSA) is 66.3 Å². The fourth-order valence-electron chi connectivity index (χ4n) is 3.96. The van der Waals surface area contributed by atoms with Gasteiger partial charge in [0.2, 0.25) is 5.91 Å². The highest BCUT2D eigenvalue weighted by atomic mass is 32.2. The molecular weight excluding hydrogens is 432 g/mol. The van der Waals surface area contributed by atoms with E-state index < -0.39 is 0 Å². The van der Waals surface area contributed by atoms with E-state index >= 15 is 0 Å². The van der Waals surface area contributed by atoms with Gasteiger partial charge in [-0.25, -0.2) is 9.97 Å². The molecule has 1 aliphatic rings. The Morgan fingerprint density at radius 3 is 2.64 bits per heavy atom. The van der Waals surface area contributed by atoms with Crippen molar-refractivity contribution in [3.05, 3.63) is 65.6 Å². The number of hydrogen-bond acceptors (Lipinski definition) is 6. The number of nitrogens with one attached hydrogen (secondary N) is 1. The molecule has 1 fully saturated rings. The number of aromatic nitrogens is 3. The van der Waals surface area contributed by atoms with E-state index in [-0.39, 0.29) is 5.91 Å². The highest BCUT2D eigenvalue weighted by molar-refractivity contribution is 7.99. The molecule has 0 spiro atoms. The average Bonchev–Trinajstić information content (AvgIpc) is 3.32. The first kappa shape index (κ1) is 23.3. The Kier molecular flexibility index (Phi) is 7.67. The van der Waals surface area contributed by atoms with Crippen LogP contribution in [0.3, 0.4) is 0 Å². The van der Waals surface area contributed by atoms with Gasteiger partial charge in [-0.1, -0.05) is 36.9 Å². The number of carbonyl (C=O) groups excluding carboxylic acids is 1. The Morgan fingerprint density at radius 1 is 1.09 bits per heavy atom. The molecule has 1 amide bonds. The summed E-state index contributed by atoms with van der Waals surface area (Å²) in [5, 5.41) is 3.81. The fourth-order valence-corrected chi connectivity index (χ4v) is 4.76. The molecule has 7 nitrogen and oxygen atoms in total. The van der Waals surface area contributed by atoms with Crippen molar-refractivity contribution >= 4 is 23.5 Å². The lowest BCUT2D eigenvalue weighted by Gasteiger charge is -2.34. The van der Waals surface area contributed by atoms with E-state index in [1.54, 1.807) is 6.20 Å². The lowest BCUT2D eigenvalue weighted by atomic mass is 10.1. The molecule has 1 aromatic carbocycles. The molecule has 0 radical (unpaired) electrons. The quantitative estimate of drug-likeness (QED) is 0.515. The Bertz CT molecular complexity index is 1070. The van der Waals surface area contributed by atoms with Gasteiger partial charge in [-0.15, -0.1) is 0 Å². The van der Waals surface area contributed by atoms with Crippen LogP contribution in [0.2, 0.25) is 0 Å². The maximum absolute atomic E-state index is 12.5. The maximum Gasteiger partial charge on any atom is 0.230 e. The second-order valence-electron chi connectivity index (χ2n) is 8.31. The molecule has 0 atom stereocenters. The third kappa shape index (κ3) is 5.75. The number of nitrogens with zero attached hydrogens (tertiary/aromatic N) is 5. The van der Waals surface area contributed by atoms with Crippen molar-refractivity contribution in [1.82, 2.24) is 24.8 Å². The summed E-state index contributed by atoms with van der Waals surface area (Å²) in [6, 6.07) is 10.3. The summed E-state index contributed by atoms with van der Waals surface area (Å²) in [5.74, 6) is 1.31. The number of aryl methyl sites for hydroxylation is 1. The predicted molar refractivity (Wildman–Crippen MR) is 134 cm³/mol. The van der Waals surface area contributed by atoms with Crippen LogP contribution in [-0.2, 0) is 11.3 Å². The normalized spacial score (nSPS) is 14.5. The van der Waals surface area contributed by atoms with Crippen LogP contribution in [0.1, 0.15) is 23.6 Å². The van der Waals surface area contributed by atoms with Crippen molar-refractivity contribution in [2.24, 2.45) is 0 Å². The summed E-state index contributed by atoms with van der Waals surface area (Å²) >= 11 is 1.44. The molecule has 1 aliphatic heterocycles. The fraction of sp³-hybridized carbons (Fsp3) is 0.400. The minimum Gasteiger partial charge on any atom is -0.354 e. The van der Waals surface area contributed by atoms with Crippen molar-refractivity contribution < 1.29 is 4.79 Å². The van der Waals surface area contributed by atoms with Crippen molar-refractivity contribution in [3.8, 4) is 5.69 Å². The van der Waals surface area contributed by atoms with E-state index in [0.29, 0.717) is 12.3 Å². The third-order valence-electron chi connectivity index (χ3n) is 6.22.